The molecule has 2 nitrogen and oxygen atoms in total. The molecular weight excluding hydrogens is 222 g/mol. The van der Waals surface area contributed by atoms with Gasteiger partial charge in [-0.05, 0) is 44.5 Å². The zero-order chi connectivity index (χ0) is 13.1. The van der Waals surface area contributed by atoms with Crippen molar-refractivity contribution < 1.29 is 4.74 Å². The van der Waals surface area contributed by atoms with Gasteiger partial charge in [-0.2, -0.15) is 0 Å². The van der Waals surface area contributed by atoms with Crippen molar-refractivity contribution in [1.29, 1.82) is 0 Å². The van der Waals surface area contributed by atoms with Crippen LogP contribution < -0.4 is 0 Å². The molecule has 0 bridgehead atoms. The summed E-state index contributed by atoms with van der Waals surface area (Å²) in [5.41, 5.74) is 4.18. The molecule has 18 heavy (non-hydrogen) atoms. The van der Waals surface area contributed by atoms with Crippen LogP contribution in [0.1, 0.15) is 23.7 Å². The van der Waals surface area contributed by atoms with Crippen molar-refractivity contribution in [2.75, 3.05) is 0 Å². The van der Waals surface area contributed by atoms with E-state index in [1.807, 2.05) is 25.1 Å². The molecule has 0 N–H and O–H groups in total. The van der Waals surface area contributed by atoms with Crippen LogP contribution in [0.25, 0.3) is 16.7 Å². The van der Waals surface area contributed by atoms with E-state index < -0.39 is 0 Å². The number of hydrogen-bond acceptors (Lipinski definition) is 2. The van der Waals surface area contributed by atoms with Crippen molar-refractivity contribution >= 4 is 16.7 Å². The highest BCUT2D eigenvalue weighted by Crippen LogP contribution is 2.22. The Morgan fingerprint density at radius 2 is 2.06 bits per heavy atom. The van der Waals surface area contributed by atoms with E-state index >= 15 is 0 Å². The molecule has 0 unspecified atom stereocenters. The lowest BCUT2D eigenvalue weighted by molar-refractivity contribution is 0.435. The Hall–Kier alpha value is -2.09. The Kier molecular flexibility index (Phi) is 3.47. The van der Waals surface area contributed by atoms with Crippen LogP contribution in [0.5, 0.6) is 0 Å². The van der Waals surface area contributed by atoms with E-state index in [0.29, 0.717) is 5.76 Å². The first-order chi connectivity index (χ1) is 8.61. The maximum atomic E-state index is 5.37. The summed E-state index contributed by atoms with van der Waals surface area (Å²) >= 11 is 0. The van der Waals surface area contributed by atoms with Gasteiger partial charge in [-0.1, -0.05) is 24.3 Å². The first kappa shape index (κ1) is 12.4. The van der Waals surface area contributed by atoms with E-state index in [1.165, 1.54) is 16.5 Å². The molecule has 2 aromatic rings. The van der Waals surface area contributed by atoms with Crippen LogP contribution in [0.2, 0.25) is 0 Å². The van der Waals surface area contributed by atoms with Crippen molar-refractivity contribution in [2.24, 2.45) is 0 Å². The second kappa shape index (κ2) is 5.05. The fraction of sp³-hybridized carbons (Fsp3) is 0.188. The molecule has 1 aromatic carbocycles. The number of pyridine rings is 1. The van der Waals surface area contributed by atoms with Gasteiger partial charge >= 0.3 is 0 Å². The predicted molar refractivity (Wildman–Crippen MR) is 76.2 cm³/mol. The lowest BCUT2D eigenvalue weighted by Gasteiger charge is -2.08. The lowest BCUT2D eigenvalue weighted by Crippen LogP contribution is -1.93. The molecule has 0 spiro atoms. The van der Waals surface area contributed by atoms with Crippen molar-refractivity contribution in [1.82, 2.24) is 4.98 Å². The molecule has 0 aliphatic heterocycles. The second-order valence-electron chi connectivity index (χ2n) is 4.36. The summed E-state index contributed by atoms with van der Waals surface area (Å²) < 4.78 is 5.37. The van der Waals surface area contributed by atoms with Crippen LogP contribution in [0.3, 0.4) is 0 Å². The SMILES string of the molecule is C=C(O/C=C\C)c1cc(C)c2cc(C)ccc2n1. The van der Waals surface area contributed by atoms with Gasteiger partial charge in [0.25, 0.3) is 0 Å². The van der Waals surface area contributed by atoms with E-state index in [4.69, 9.17) is 4.74 Å². The van der Waals surface area contributed by atoms with Crippen molar-refractivity contribution in [3.63, 3.8) is 0 Å². The average molecular weight is 239 g/mol. The maximum Gasteiger partial charge on any atom is 0.144 e. The Labute approximate surface area is 108 Å². The lowest BCUT2D eigenvalue weighted by atomic mass is 10.1. The summed E-state index contributed by atoms with van der Waals surface area (Å²) in [6.45, 7) is 9.95. The normalized spacial score (nSPS) is 11.1. The summed E-state index contributed by atoms with van der Waals surface area (Å²) in [4.78, 5) is 4.57. The van der Waals surface area contributed by atoms with Crippen LogP contribution in [0, 0.1) is 13.8 Å². The molecule has 0 saturated heterocycles. The molecule has 0 radical (unpaired) electrons. The van der Waals surface area contributed by atoms with Crippen LogP contribution in [-0.2, 0) is 4.74 Å². The number of benzene rings is 1. The Balaban J connectivity index is 2.49. The van der Waals surface area contributed by atoms with Gasteiger partial charge in [0.15, 0.2) is 0 Å². The number of nitrogens with zero attached hydrogens (tertiary/aromatic N) is 1. The van der Waals surface area contributed by atoms with Crippen LogP contribution in [0.4, 0.5) is 0 Å². The van der Waals surface area contributed by atoms with E-state index in [2.05, 4.69) is 37.5 Å². The smallest absolute Gasteiger partial charge is 0.144 e. The molecule has 0 saturated carbocycles. The molecule has 0 atom stereocenters. The molecule has 0 aliphatic rings. The quantitative estimate of drug-likeness (QED) is 0.742. The van der Waals surface area contributed by atoms with Crippen LogP contribution in [0.15, 0.2) is 43.2 Å². The third kappa shape index (κ3) is 2.43. The number of allylic oxidation sites excluding steroid dienone is 1. The number of aromatic nitrogens is 1. The number of hydrogen-bond donors (Lipinski definition) is 0. The van der Waals surface area contributed by atoms with Crippen LogP contribution >= 0.6 is 0 Å². The van der Waals surface area contributed by atoms with Crippen LogP contribution in [-0.4, -0.2) is 4.98 Å². The summed E-state index contributed by atoms with van der Waals surface area (Å²) in [5.74, 6) is 0.568. The predicted octanol–water partition coefficient (Wildman–Crippen LogP) is 4.37. The third-order valence-corrected chi connectivity index (χ3v) is 2.80. The standard InChI is InChI=1S/C16H17NO/c1-5-8-18-13(4)16-10-12(3)14-9-11(2)6-7-15(14)17-16/h5-10H,4H2,1-3H3/b8-5-. The van der Waals surface area contributed by atoms with Gasteiger partial charge in [0.1, 0.15) is 11.5 Å². The van der Waals surface area contributed by atoms with E-state index in [0.717, 1.165) is 11.2 Å². The highest BCUT2D eigenvalue weighted by molar-refractivity contribution is 5.84. The fourth-order valence-electron chi connectivity index (χ4n) is 1.86. The largest absolute Gasteiger partial charge is 0.464 e. The topological polar surface area (TPSA) is 22.1 Å². The summed E-state index contributed by atoms with van der Waals surface area (Å²) in [5, 5.41) is 1.18. The summed E-state index contributed by atoms with van der Waals surface area (Å²) in [6.07, 6.45) is 3.43. The van der Waals surface area contributed by atoms with Gasteiger partial charge in [-0.3, -0.25) is 0 Å². The van der Waals surface area contributed by atoms with Gasteiger partial charge in [0.05, 0.1) is 11.8 Å². The van der Waals surface area contributed by atoms with Gasteiger partial charge in [0.2, 0.25) is 0 Å². The maximum absolute atomic E-state index is 5.37. The molecule has 92 valence electrons. The van der Waals surface area contributed by atoms with E-state index in [-0.39, 0.29) is 0 Å². The number of ether oxygens (including phenoxy) is 1. The Morgan fingerprint density at radius 1 is 1.28 bits per heavy atom. The molecule has 2 rings (SSSR count). The zero-order valence-corrected chi connectivity index (χ0v) is 11.0. The molecule has 2 heteroatoms. The molecule has 0 aliphatic carbocycles. The van der Waals surface area contributed by atoms with Gasteiger partial charge in [0, 0.05) is 5.39 Å². The minimum Gasteiger partial charge on any atom is -0.464 e. The Bertz CT molecular complexity index is 626. The number of fused-ring (bicyclic) bond motifs is 1. The highest BCUT2D eigenvalue weighted by Gasteiger charge is 2.06. The van der Waals surface area contributed by atoms with E-state index in [1.54, 1.807) is 6.26 Å². The zero-order valence-electron chi connectivity index (χ0n) is 11.0. The monoisotopic (exact) mass is 239 g/mol. The molecular formula is C16H17NO. The van der Waals surface area contributed by atoms with Crippen molar-refractivity contribution in [2.45, 2.75) is 20.8 Å². The third-order valence-electron chi connectivity index (χ3n) is 2.80. The van der Waals surface area contributed by atoms with Gasteiger partial charge < -0.3 is 4.74 Å². The molecule has 1 heterocycles. The second-order valence-corrected chi connectivity index (χ2v) is 4.36. The molecule has 1 aromatic heterocycles. The molecule has 0 fully saturated rings. The highest BCUT2D eigenvalue weighted by atomic mass is 16.5. The summed E-state index contributed by atoms with van der Waals surface area (Å²) in [6, 6.07) is 8.25. The van der Waals surface area contributed by atoms with Crippen molar-refractivity contribution in [3.05, 3.63) is 60.0 Å². The number of rotatable bonds is 3. The van der Waals surface area contributed by atoms with Gasteiger partial charge in [-0.25, -0.2) is 4.98 Å². The molecule has 0 amide bonds. The number of aryl methyl sites for hydroxylation is 2. The van der Waals surface area contributed by atoms with E-state index in [9.17, 15) is 0 Å². The van der Waals surface area contributed by atoms with Crippen molar-refractivity contribution in [3.8, 4) is 0 Å². The first-order valence-electron chi connectivity index (χ1n) is 5.97. The summed E-state index contributed by atoms with van der Waals surface area (Å²) in [7, 11) is 0. The average Bonchev–Trinajstić information content (AvgIpc) is 2.36. The Morgan fingerprint density at radius 3 is 2.78 bits per heavy atom. The minimum atomic E-state index is 0.568. The fourth-order valence-corrected chi connectivity index (χ4v) is 1.86. The first-order valence-corrected chi connectivity index (χ1v) is 5.97. The minimum absolute atomic E-state index is 0.568. The van der Waals surface area contributed by atoms with Gasteiger partial charge in [-0.15, -0.1) is 0 Å².